The molecule has 0 bridgehead atoms. The lowest BCUT2D eigenvalue weighted by Crippen LogP contribution is -2.31. The zero-order valence-corrected chi connectivity index (χ0v) is 17.1. The maximum absolute atomic E-state index is 10.0. The third-order valence-corrected chi connectivity index (χ3v) is 5.90. The molecule has 0 aliphatic carbocycles. The fourth-order valence-electron chi connectivity index (χ4n) is 4.32. The Morgan fingerprint density at radius 3 is 2.57 bits per heavy atom. The van der Waals surface area contributed by atoms with E-state index in [4.69, 9.17) is 10.1 Å². The standard InChI is InChI=1S/C23H23N7/c1-16-19(14-24)21-26-23(28-11-6-7-12-28)27-30(21)22(29-13-10-18(15-29)25-2)20(16)17-8-4-3-5-9-17/h3-9,11-12,18,25H,10,13,15H2,1-2H3/t18-/m0/s1. The van der Waals surface area contributed by atoms with Gasteiger partial charge in [-0.25, -0.2) is 0 Å². The van der Waals surface area contributed by atoms with Gasteiger partial charge in [-0.05, 0) is 43.7 Å². The molecule has 1 fully saturated rings. The average molecular weight is 397 g/mol. The summed E-state index contributed by atoms with van der Waals surface area (Å²) in [7, 11) is 2.01. The summed E-state index contributed by atoms with van der Waals surface area (Å²) >= 11 is 0. The highest BCUT2D eigenvalue weighted by Crippen LogP contribution is 2.38. The zero-order chi connectivity index (χ0) is 20.7. The predicted molar refractivity (Wildman–Crippen MR) is 117 cm³/mol. The topological polar surface area (TPSA) is 74.2 Å². The smallest absolute Gasteiger partial charge is 0.253 e. The van der Waals surface area contributed by atoms with E-state index in [1.165, 1.54) is 0 Å². The summed E-state index contributed by atoms with van der Waals surface area (Å²) in [6.07, 6.45) is 4.89. The molecule has 1 aliphatic rings. The summed E-state index contributed by atoms with van der Waals surface area (Å²) in [4.78, 5) is 7.10. The van der Waals surface area contributed by atoms with Crippen LogP contribution in [0, 0.1) is 18.3 Å². The molecule has 7 heteroatoms. The van der Waals surface area contributed by atoms with Crippen molar-refractivity contribution in [2.75, 3.05) is 25.0 Å². The second kappa shape index (κ2) is 7.32. The van der Waals surface area contributed by atoms with Gasteiger partial charge in [-0.15, -0.1) is 5.10 Å². The van der Waals surface area contributed by atoms with Gasteiger partial charge in [0, 0.05) is 37.1 Å². The molecule has 4 heterocycles. The molecule has 150 valence electrons. The first-order valence-electron chi connectivity index (χ1n) is 10.2. The van der Waals surface area contributed by atoms with Crippen molar-refractivity contribution in [3.63, 3.8) is 0 Å². The van der Waals surface area contributed by atoms with Gasteiger partial charge < -0.3 is 10.2 Å². The van der Waals surface area contributed by atoms with Crippen molar-refractivity contribution in [2.24, 2.45) is 0 Å². The lowest BCUT2D eigenvalue weighted by atomic mass is 9.97. The van der Waals surface area contributed by atoms with Gasteiger partial charge in [0.25, 0.3) is 5.95 Å². The second-order valence-electron chi connectivity index (χ2n) is 7.63. The van der Waals surface area contributed by atoms with Gasteiger partial charge in [-0.3, -0.25) is 4.57 Å². The minimum atomic E-state index is 0.423. The molecular weight excluding hydrogens is 374 g/mol. The molecule has 4 aromatic rings. The van der Waals surface area contributed by atoms with E-state index in [0.717, 1.165) is 42.0 Å². The molecule has 7 nitrogen and oxygen atoms in total. The van der Waals surface area contributed by atoms with E-state index >= 15 is 0 Å². The molecule has 30 heavy (non-hydrogen) atoms. The number of nitrogens with zero attached hydrogens (tertiary/aromatic N) is 6. The minimum absolute atomic E-state index is 0.423. The number of nitriles is 1. The highest BCUT2D eigenvalue weighted by molar-refractivity contribution is 5.85. The zero-order valence-electron chi connectivity index (χ0n) is 17.1. The summed E-state index contributed by atoms with van der Waals surface area (Å²) in [5.41, 5.74) is 4.22. The number of aromatic nitrogens is 4. The molecule has 1 saturated heterocycles. The van der Waals surface area contributed by atoms with Gasteiger partial charge in [-0.2, -0.15) is 14.8 Å². The normalized spacial score (nSPS) is 16.3. The van der Waals surface area contributed by atoms with Gasteiger partial charge in [0.2, 0.25) is 0 Å². The van der Waals surface area contributed by atoms with Crippen LogP contribution in [0.3, 0.4) is 0 Å². The van der Waals surface area contributed by atoms with Crippen LogP contribution in [0.4, 0.5) is 5.82 Å². The second-order valence-corrected chi connectivity index (χ2v) is 7.63. The van der Waals surface area contributed by atoms with E-state index in [0.29, 0.717) is 23.2 Å². The first-order chi connectivity index (χ1) is 14.7. The number of hydrogen-bond acceptors (Lipinski definition) is 5. The lowest BCUT2D eigenvalue weighted by Gasteiger charge is -2.25. The highest BCUT2D eigenvalue weighted by Gasteiger charge is 2.29. The number of nitrogens with one attached hydrogen (secondary N) is 1. The highest BCUT2D eigenvalue weighted by atomic mass is 15.4. The number of likely N-dealkylation sites (N-methyl/N-ethyl adjacent to an activating group) is 1. The maximum atomic E-state index is 10.0. The van der Waals surface area contributed by atoms with E-state index in [9.17, 15) is 5.26 Å². The van der Waals surface area contributed by atoms with Crippen molar-refractivity contribution in [3.8, 4) is 23.1 Å². The van der Waals surface area contributed by atoms with E-state index in [-0.39, 0.29) is 0 Å². The van der Waals surface area contributed by atoms with Crippen LogP contribution in [-0.4, -0.2) is 45.3 Å². The summed E-state index contributed by atoms with van der Waals surface area (Å²) in [6.45, 7) is 3.82. The first-order valence-corrected chi connectivity index (χ1v) is 10.2. The molecule has 1 aromatic carbocycles. The van der Waals surface area contributed by atoms with E-state index in [1.54, 1.807) is 0 Å². The van der Waals surface area contributed by atoms with Crippen LogP contribution >= 0.6 is 0 Å². The Kier molecular flexibility index (Phi) is 4.49. The lowest BCUT2D eigenvalue weighted by molar-refractivity contribution is 0.616. The van der Waals surface area contributed by atoms with Crippen molar-refractivity contribution in [1.29, 1.82) is 5.26 Å². The summed E-state index contributed by atoms with van der Waals surface area (Å²) in [5.74, 6) is 1.56. The summed E-state index contributed by atoms with van der Waals surface area (Å²) in [6, 6.07) is 16.9. The Hall–Kier alpha value is -3.63. The van der Waals surface area contributed by atoms with Crippen LogP contribution in [-0.2, 0) is 0 Å². The molecule has 1 atom stereocenters. The molecule has 1 N–H and O–H groups in total. The minimum Gasteiger partial charge on any atom is -0.354 e. The van der Waals surface area contributed by atoms with Crippen LogP contribution in [0.2, 0.25) is 0 Å². The third-order valence-electron chi connectivity index (χ3n) is 5.90. The Bertz CT molecular complexity index is 1230. The Morgan fingerprint density at radius 2 is 1.90 bits per heavy atom. The SMILES string of the molecule is CN[C@H]1CCN(c2c(-c3ccccc3)c(C)c(C#N)c3nc(-n4cccc4)nn23)C1. The van der Waals surface area contributed by atoms with Crippen LogP contribution in [0.5, 0.6) is 0 Å². The number of hydrogen-bond donors (Lipinski definition) is 1. The van der Waals surface area contributed by atoms with Crippen molar-refractivity contribution in [1.82, 2.24) is 24.5 Å². The number of benzene rings is 1. The van der Waals surface area contributed by atoms with Crippen molar-refractivity contribution in [2.45, 2.75) is 19.4 Å². The van der Waals surface area contributed by atoms with E-state index in [1.807, 2.05) is 65.8 Å². The van der Waals surface area contributed by atoms with Crippen LogP contribution in [0.25, 0.3) is 22.7 Å². The van der Waals surface area contributed by atoms with Crippen molar-refractivity contribution >= 4 is 11.5 Å². The molecule has 5 rings (SSSR count). The molecular formula is C23H23N7. The fraction of sp³-hybridized carbons (Fsp3) is 0.261. The van der Waals surface area contributed by atoms with Crippen molar-refractivity contribution in [3.05, 3.63) is 66.0 Å². The fourth-order valence-corrected chi connectivity index (χ4v) is 4.32. The van der Waals surface area contributed by atoms with Crippen LogP contribution < -0.4 is 10.2 Å². The number of rotatable bonds is 4. The first kappa shape index (κ1) is 18.4. The van der Waals surface area contributed by atoms with E-state index < -0.39 is 0 Å². The molecule has 0 radical (unpaired) electrons. The molecule has 3 aromatic heterocycles. The molecule has 0 unspecified atom stereocenters. The van der Waals surface area contributed by atoms with Crippen LogP contribution in [0.1, 0.15) is 17.5 Å². The number of fused-ring (bicyclic) bond motifs is 1. The largest absolute Gasteiger partial charge is 0.354 e. The Labute approximate surface area is 175 Å². The Balaban J connectivity index is 1.84. The number of anilines is 1. The van der Waals surface area contributed by atoms with Crippen molar-refractivity contribution < 1.29 is 0 Å². The van der Waals surface area contributed by atoms with E-state index in [2.05, 4.69) is 28.4 Å². The van der Waals surface area contributed by atoms with Gasteiger partial charge in [0.15, 0.2) is 5.65 Å². The molecule has 1 aliphatic heterocycles. The molecule has 0 saturated carbocycles. The average Bonchev–Trinajstić information content (AvgIpc) is 3.53. The Morgan fingerprint density at radius 1 is 1.13 bits per heavy atom. The molecule has 0 amide bonds. The van der Waals surface area contributed by atoms with Gasteiger partial charge >= 0.3 is 0 Å². The van der Waals surface area contributed by atoms with Gasteiger partial charge in [0.1, 0.15) is 17.5 Å². The summed E-state index contributed by atoms with van der Waals surface area (Å²) < 4.78 is 3.73. The predicted octanol–water partition coefficient (Wildman–Crippen LogP) is 3.17. The van der Waals surface area contributed by atoms with Crippen LogP contribution in [0.15, 0.2) is 54.9 Å². The van der Waals surface area contributed by atoms with Gasteiger partial charge in [0.05, 0.1) is 0 Å². The quantitative estimate of drug-likeness (QED) is 0.573. The molecule has 0 spiro atoms. The third kappa shape index (κ3) is 2.85. The van der Waals surface area contributed by atoms with Gasteiger partial charge in [-0.1, -0.05) is 30.3 Å². The monoisotopic (exact) mass is 397 g/mol. The number of pyridine rings is 1. The maximum Gasteiger partial charge on any atom is 0.253 e. The summed E-state index contributed by atoms with van der Waals surface area (Å²) in [5, 5.41) is 18.2.